The Bertz CT molecular complexity index is 960. The molecule has 53 heavy (non-hydrogen) atoms. The predicted octanol–water partition coefficient (Wildman–Crippen LogP) is 5.66. The van der Waals surface area contributed by atoms with Gasteiger partial charge in [-0.1, -0.05) is 127 Å². The van der Waals surface area contributed by atoms with Gasteiger partial charge in [0.15, 0.2) is 6.29 Å². The number of unbranched alkanes of at least 4 members (excludes halogenated alkanes) is 15. The predicted molar refractivity (Wildman–Crippen MR) is 210 cm³/mol. The normalized spacial score (nSPS) is 23.2. The minimum absolute atomic E-state index is 0.241. The van der Waals surface area contributed by atoms with Gasteiger partial charge in [0.1, 0.15) is 36.6 Å². The van der Waals surface area contributed by atoms with Crippen molar-refractivity contribution in [2.24, 2.45) is 0 Å². The van der Waals surface area contributed by atoms with Gasteiger partial charge < -0.3 is 50.5 Å². The van der Waals surface area contributed by atoms with Crippen LogP contribution in [0.25, 0.3) is 0 Å². The summed E-state index contributed by atoms with van der Waals surface area (Å²) < 4.78 is 11.0. The van der Waals surface area contributed by atoms with E-state index in [0.717, 1.165) is 44.9 Å². The molecule has 1 fully saturated rings. The van der Waals surface area contributed by atoms with Crippen molar-refractivity contribution in [3.63, 3.8) is 0 Å². The molecule has 310 valence electrons. The number of ether oxygens (including phenoxy) is 2. The van der Waals surface area contributed by atoms with Gasteiger partial charge in [0.05, 0.1) is 25.4 Å². The van der Waals surface area contributed by atoms with Crippen LogP contribution >= 0.6 is 0 Å². The van der Waals surface area contributed by atoms with Gasteiger partial charge in [-0.25, -0.2) is 0 Å². The number of aliphatic hydroxyl groups is 7. The topological polar surface area (TPSA) is 189 Å². The lowest BCUT2D eigenvalue weighted by molar-refractivity contribution is -0.303. The van der Waals surface area contributed by atoms with Crippen LogP contribution in [0.1, 0.15) is 155 Å². The van der Waals surface area contributed by atoms with Crippen LogP contribution in [0.2, 0.25) is 0 Å². The lowest BCUT2D eigenvalue weighted by Crippen LogP contribution is -2.60. The Balaban J connectivity index is 2.57. The van der Waals surface area contributed by atoms with Crippen LogP contribution in [0.15, 0.2) is 36.5 Å². The summed E-state index contributed by atoms with van der Waals surface area (Å²) in [4.78, 5) is 13.0. The van der Waals surface area contributed by atoms with Gasteiger partial charge in [-0.2, -0.15) is 0 Å². The number of amides is 1. The van der Waals surface area contributed by atoms with E-state index in [0.29, 0.717) is 19.3 Å². The molecule has 0 spiro atoms. The number of rotatable bonds is 33. The zero-order valence-corrected chi connectivity index (χ0v) is 33.0. The number of allylic oxidation sites excluding steroid dienone is 6. The van der Waals surface area contributed by atoms with E-state index < -0.39 is 74.2 Å². The van der Waals surface area contributed by atoms with Crippen LogP contribution < -0.4 is 5.32 Å². The highest BCUT2D eigenvalue weighted by molar-refractivity contribution is 5.80. The van der Waals surface area contributed by atoms with Crippen molar-refractivity contribution in [1.29, 1.82) is 0 Å². The number of carbonyl (C=O) groups excluding carboxylic acids is 1. The molecule has 0 aliphatic carbocycles. The molecular formula is C42H77NO10. The largest absolute Gasteiger partial charge is 0.394 e. The fourth-order valence-corrected chi connectivity index (χ4v) is 6.35. The molecule has 0 aromatic carbocycles. The van der Waals surface area contributed by atoms with Crippen LogP contribution in [0.3, 0.4) is 0 Å². The van der Waals surface area contributed by atoms with E-state index in [1.54, 1.807) is 0 Å². The van der Waals surface area contributed by atoms with E-state index in [1.807, 2.05) is 0 Å². The summed E-state index contributed by atoms with van der Waals surface area (Å²) >= 11 is 0. The average molecular weight is 756 g/mol. The van der Waals surface area contributed by atoms with Gasteiger partial charge in [-0.3, -0.25) is 4.79 Å². The molecule has 0 aromatic rings. The summed E-state index contributed by atoms with van der Waals surface area (Å²) in [5, 5.41) is 75.3. The van der Waals surface area contributed by atoms with Crippen molar-refractivity contribution in [1.82, 2.24) is 5.32 Å². The number of carbonyl (C=O) groups is 1. The first-order valence-electron chi connectivity index (χ1n) is 20.9. The first-order valence-corrected chi connectivity index (χ1v) is 20.9. The Hall–Kier alpha value is -1.67. The van der Waals surface area contributed by atoms with Crippen molar-refractivity contribution in [3.8, 4) is 0 Å². The van der Waals surface area contributed by atoms with E-state index in [4.69, 9.17) is 9.47 Å². The summed E-state index contributed by atoms with van der Waals surface area (Å²) in [6.07, 6.45) is 23.5. The molecule has 11 heteroatoms. The Labute approximate surface area is 320 Å². The van der Waals surface area contributed by atoms with Crippen LogP contribution in [-0.2, 0) is 14.3 Å². The first kappa shape index (κ1) is 49.3. The molecule has 9 atom stereocenters. The quantitative estimate of drug-likeness (QED) is 0.0307. The molecule has 0 radical (unpaired) electrons. The smallest absolute Gasteiger partial charge is 0.249 e. The maximum atomic E-state index is 13.0. The lowest BCUT2D eigenvalue weighted by atomic mass is 9.98. The van der Waals surface area contributed by atoms with Crippen LogP contribution in [0.5, 0.6) is 0 Å². The molecular weight excluding hydrogens is 678 g/mol. The number of aliphatic hydroxyl groups excluding tert-OH is 7. The number of hydrogen-bond acceptors (Lipinski definition) is 10. The Kier molecular flexibility index (Phi) is 30.3. The highest BCUT2D eigenvalue weighted by Crippen LogP contribution is 2.23. The summed E-state index contributed by atoms with van der Waals surface area (Å²) in [7, 11) is 0. The van der Waals surface area contributed by atoms with Crippen LogP contribution in [-0.4, -0.2) is 110 Å². The van der Waals surface area contributed by atoms with Crippen LogP contribution in [0, 0.1) is 0 Å². The van der Waals surface area contributed by atoms with Crippen molar-refractivity contribution < 1.29 is 50.0 Å². The summed E-state index contributed by atoms with van der Waals surface area (Å²) in [5.41, 5.74) is 0. The summed E-state index contributed by atoms with van der Waals surface area (Å²) in [6.45, 7) is 3.34. The van der Waals surface area contributed by atoms with E-state index in [-0.39, 0.29) is 12.8 Å². The van der Waals surface area contributed by atoms with Gasteiger partial charge in [-0.05, 0) is 64.2 Å². The molecule has 11 nitrogen and oxygen atoms in total. The molecule has 8 N–H and O–H groups in total. The summed E-state index contributed by atoms with van der Waals surface area (Å²) in [5.74, 6) is -0.717. The van der Waals surface area contributed by atoms with Gasteiger partial charge in [0, 0.05) is 0 Å². The molecule has 0 bridgehead atoms. The monoisotopic (exact) mass is 756 g/mol. The third-order valence-electron chi connectivity index (χ3n) is 9.90. The van der Waals surface area contributed by atoms with Crippen molar-refractivity contribution in [2.75, 3.05) is 13.2 Å². The standard InChI is InChI=1S/C42H77NO10/c1-3-5-7-9-11-13-15-16-17-18-19-20-22-23-25-27-29-34(45)37(47)33(32-52-42-40(50)39(49)38(48)36(31-44)53-42)43-41(51)35(46)30-28-26-24-21-14-12-10-8-6-4-2/h11,13,17-18,22-23,33-40,42,44-50H,3-10,12,14-16,19-21,24-32H2,1-2H3,(H,43,51)/b13-11+,18-17+,23-22+. The highest BCUT2D eigenvalue weighted by atomic mass is 16.7. The molecule has 1 rings (SSSR count). The second-order valence-electron chi connectivity index (χ2n) is 14.7. The fourth-order valence-electron chi connectivity index (χ4n) is 6.35. The second kappa shape index (κ2) is 32.6. The second-order valence-corrected chi connectivity index (χ2v) is 14.7. The summed E-state index contributed by atoms with van der Waals surface area (Å²) in [6, 6.07) is -1.19. The molecule has 1 amide bonds. The Morgan fingerprint density at radius 3 is 1.68 bits per heavy atom. The SMILES string of the molecule is CCCCC/C=C/CC/C=C/CC/C=C/CCCC(O)C(O)C(COC1OC(CO)C(O)C(O)C1O)NC(=O)C(O)CCCCCCCCCCCC. The van der Waals surface area contributed by atoms with E-state index in [2.05, 4.69) is 55.6 Å². The van der Waals surface area contributed by atoms with Crippen molar-refractivity contribution >= 4 is 5.91 Å². The first-order chi connectivity index (χ1) is 25.7. The minimum atomic E-state index is -1.67. The Morgan fingerprint density at radius 2 is 1.13 bits per heavy atom. The van der Waals surface area contributed by atoms with Gasteiger partial charge in [0.2, 0.25) is 5.91 Å². The number of nitrogens with one attached hydrogen (secondary N) is 1. The third-order valence-corrected chi connectivity index (χ3v) is 9.90. The highest BCUT2D eigenvalue weighted by Gasteiger charge is 2.44. The molecule has 1 heterocycles. The maximum Gasteiger partial charge on any atom is 0.249 e. The van der Waals surface area contributed by atoms with Crippen LogP contribution in [0.4, 0.5) is 0 Å². The Morgan fingerprint density at radius 1 is 0.642 bits per heavy atom. The third kappa shape index (κ3) is 23.1. The average Bonchev–Trinajstić information content (AvgIpc) is 3.16. The van der Waals surface area contributed by atoms with Crippen molar-refractivity contribution in [3.05, 3.63) is 36.5 Å². The zero-order chi connectivity index (χ0) is 39.1. The molecule has 1 aliphatic heterocycles. The minimum Gasteiger partial charge on any atom is -0.394 e. The zero-order valence-electron chi connectivity index (χ0n) is 33.0. The maximum absolute atomic E-state index is 13.0. The van der Waals surface area contributed by atoms with E-state index >= 15 is 0 Å². The van der Waals surface area contributed by atoms with Gasteiger partial charge in [-0.15, -0.1) is 0 Å². The molecule has 1 saturated heterocycles. The van der Waals surface area contributed by atoms with E-state index in [9.17, 15) is 40.5 Å². The lowest BCUT2D eigenvalue weighted by Gasteiger charge is -2.40. The fraction of sp³-hybridized carbons (Fsp3) is 0.833. The van der Waals surface area contributed by atoms with Crippen molar-refractivity contribution in [2.45, 2.75) is 210 Å². The molecule has 0 saturated carbocycles. The molecule has 1 aliphatic rings. The van der Waals surface area contributed by atoms with E-state index in [1.165, 1.54) is 64.2 Å². The molecule has 9 unspecified atom stereocenters. The molecule has 0 aromatic heterocycles. The number of hydrogen-bond donors (Lipinski definition) is 8. The van der Waals surface area contributed by atoms with Gasteiger partial charge >= 0.3 is 0 Å². The van der Waals surface area contributed by atoms with Gasteiger partial charge in [0.25, 0.3) is 0 Å².